The number of nitrogens with one attached hydrogen (secondary N) is 1. The van der Waals surface area contributed by atoms with Gasteiger partial charge in [-0.15, -0.1) is 0 Å². The summed E-state index contributed by atoms with van der Waals surface area (Å²) in [6.07, 6.45) is 1.49. The van der Waals surface area contributed by atoms with Crippen molar-refractivity contribution in [1.82, 2.24) is 14.5 Å². The Bertz CT molecular complexity index is 1080. The molecule has 0 spiro atoms. The number of nitrogens with two attached hydrogens (primary N) is 1. The Morgan fingerprint density at radius 2 is 1.97 bits per heavy atom. The number of carbonyl (C=O) groups excluding carboxylic acids is 2. The molecule has 1 amide bonds. The van der Waals surface area contributed by atoms with Crippen LogP contribution in [0.3, 0.4) is 0 Å². The van der Waals surface area contributed by atoms with Crippen LogP contribution in [-0.4, -0.2) is 59.6 Å². The van der Waals surface area contributed by atoms with Crippen molar-refractivity contribution in [2.45, 2.75) is 26.3 Å². The van der Waals surface area contributed by atoms with E-state index in [1.807, 2.05) is 35.2 Å². The largest absolute Gasteiger partial charge is 0.466 e. The standard InChI is InChI=1S/C22H29N5O5/c1-3-32-21(30)16-10-7-11-26(13-16)14-17(28)25(2)18-19(23)27(22(31)24-20(18)29)12-15-8-5-4-6-9-15/h4-6,8-9,16H,3,7,10-14,23H2,1-2H3,(H,24,29,31)/t16-/m0/s1. The zero-order valence-corrected chi connectivity index (χ0v) is 18.4. The van der Waals surface area contributed by atoms with Gasteiger partial charge < -0.3 is 15.4 Å². The minimum Gasteiger partial charge on any atom is -0.466 e. The molecule has 0 saturated carbocycles. The van der Waals surface area contributed by atoms with Crippen LogP contribution in [0.4, 0.5) is 11.5 Å². The van der Waals surface area contributed by atoms with Crippen LogP contribution in [0.5, 0.6) is 0 Å². The molecule has 1 fully saturated rings. The van der Waals surface area contributed by atoms with Crippen molar-refractivity contribution >= 4 is 23.4 Å². The number of amides is 1. The van der Waals surface area contributed by atoms with Gasteiger partial charge in [-0.3, -0.25) is 28.8 Å². The van der Waals surface area contributed by atoms with Crippen LogP contribution in [0.1, 0.15) is 25.3 Å². The lowest BCUT2D eigenvalue weighted by molar-refractivity contribution is -0.150. The first-order chi connectivity index (χ1) is 15.3. The summed E-state index contributed by atoms with van der Waals surface area (Å²) >= 11 is 0. The summed E-state index contributed by atoms with van der Waals surface area (Å²) < 4.78 is 6.33. The van der Waals surface area contributed by atoms with Gasteiger partial charge in [0, 0.05) is 13.6 Å². The van der Waals surface area contributed by atoms with Crippen LogP contribution in [0.15, 0.2) is 39.9 Å². The third kappa shape index (κ3) is 5.25. The number of esters is 1. The molecule has 172 valence electrons. The van der Waals surface area contributed by atoms with E-state index in [9.17, 15) is 19.2 Å². The lowest BCUT2D eigenvalue weighted by Gasteiger charge is -2.32. The lowest BCUT2D eigenvalue weighted by atomic mass is 9.98. The quantitative estimate of drug-likeness (QED) is 0.593. The Hall–Kier alpha value is -3.40. The zero-order chi connectivity index (χ0) is 23.3. The second kappa shape index (κ2) is 10.3. The van der Waals surface area contributed by atoms with Crippen molar-refractivity contribution < 1.29 is 14.3 Å². The normalized spacial score (nSPS) is 16.5. The maximum Gasteiger partial charge on any atom is 0.330 e. The van der Waals surface area contributed by atoms with Crippen LogP contribution in [0.25, 0.3) is 0 Å². The molecule has 0 aliphatic carbocycles. The van der Waals surface area contributed by atoms with Gasteiger partial charge >= 0.3 is 11.7 Å². The molecule has 10 nitrogen and oxygen atoms in total. The van der Waals surface area contributed by atoms with E-state index >= 15 is 0 Å². The number of nitrogens with zero attached hydrogens (tertiary/aromatic N) is 3. The average molecular weight is 444 g/mol. The van der Waals surface area contributed by atoms with Crippen LogP contribution in [0.2, 0.25) is 0 Å². The molecule has 1 aromatic heterocycles. The number of hydrogen-bond acceptors (Lipinski definition) is 7. The number of aromatic amines is 1. The Kier molecular flexibility index (Phi) is 7.47. The molecule has 1 aromatic carbocycles. The molecule has 0 bridgehead atoms. The van der Waals surface area contributed by atoms with Crippen molar-refractivity contribution in [3.05, 3.63) is 56.7 Å². The fourth-order valence-corrected chi connectivity index (χ4v) is 3.90. The van der Waals surface area contributed by atoms with E-state index in [0.717, 1.165) is 18.4 Å². The highest BCUT2D eigenvalue weighted by molar-refractivity contribution is 5.96. The van der Waals surface area contributed by atoms with E-state index in [4.69, 9.17) is 10.5 Å². The number of ether oxygens (including phenoxy) is 1. The third-order valence-corrected chi connectivity index (χ3v) is 5.59. The molecule has 1 saturated heterocycles. The predicted octanol–water partition coefficient (Wildman–Crippen LogP) is 0.405. The van der Waals surface area contributed by atoms with Gasteiger partial charge in [0.2, 0.25) is 5.91 Å². The molecule has 1 aliphatic rings. The first-order valence-corrected chi connectivity index (χ1v) is 10.6. The maximum atomic E-state index is 12.9. The van der Waals surface area contributed by atoms with Gasteiger partial charge in [0.15, 0.2) is 5.69 Å². The summed E-state index contributed by atoms with van der Waals surface area (Å²) in [6.45, 7) is 3.33. The maximum absolute atomic E-state index is 12.9. The fourth-order valence-electron chi connectivity index (χ4n) is 3.90. The smallest absolute Gasteiger partial charge is 0.330 e. The highest BCUT2D eigenvalue weighted by Gasteiger charge is 2.29. The molecule has 1 atom stereocenters. The summed E-state index contributed by atoms with van der Waals surface area (Å²) in [5.41, 5.74) is 5.55. The van der Waals surface area contributed by atoms with Gasteiger partial charge in [0.25, 0.3) is 5.56 Å². The van der Waals surface area contributed by atoms with Crippen molar-refractivity contribution in [2.75, 3.05) is 43.9 Å². The van der Waals surface area contributed by atoms with Gasteiger partial charge in [0.05, 0.1) is 25.6 Å². The Labute approximate surface area is 185 Å². The molecule has 10 heteroatoms. The highest BCUT2D eigenvalue weighted by Crippen LogP contribution is 2.20. The summed E-state index contributed by atoms with van der Waals surface area (Å²) in [7, 11) is 1.45. The van der Waals surface area contributed by atoms with Crippen molar-refractivity contribution in [1.29, 1.82) is 0 Å². The minimum atomic E-state index is -0.726. The molecule has 3 N–H and O–H groups in total. The summed E-state index contributed by atoms with van der Waals surface area (Å²) in [6, 6.07) is 9.19. The monoisotopic (exact) mass is 443 g/mol. The number of aromatic nitrogens is 2. The first-order valence-electron chi connectivity index (χ1n) is 10.6. The zero-order valence-electron chi connectivity index (χ0n) is 18.4. The second-order valence-electron chi connectivity index (χ2n) is 7.84. The predicted molar refractivity (Wildman–Crippen MR) is 120 cm³/mol. The molecular weight excluding hydrogens is 414 g/mol. The number of likely N-dealkylation sites (tertiary alicyclic amines) is 1. The van der Waals surface area contributed by atoms with E-state index in [2.05, 4.69) is 4.98 Å². The van der Waals surface area contributed by atoms with Crippen molar-refractivity contribution in [3.63, 3.8) is 0 Å². The van der Waals surface area contributed by atoms with Gasteiger partial charge in [-0.05, 0) is 31.9 Å². The molecule has 32 heavy (non-hydrogen) atoms. The number of likely N-dealkylation sites (N-methyl/N-ethyl adjacent to an activating group) is 1. The Morgan fingerprint density at radius 1 is 1.25 bits per heavy atom. The third-order valence-electron chi connectivity index (χ3n) is 5.59. The van der Waals surface area contributed by atoms with Crippen LogP contribution in [0, 0.1) is 5.92 Å². The van der Waals surface area contributed by atoms with Crippen molar-refractivity contribution in [3.8, 4) is 0 Å². The molecule has 1 aliphatic heterocycles. The molecule has 2 heterocycles. The lowest BCUT2D eigenvalue weighted by Crippen LogP contribution is -2.47. The Balaban J connectivity index is 1.78. The van der Waals surface area contributed by atoms with E-state index < -0.39 is 11.2 Å². The van der Waals surface area contributed by atoms with Gasteiger partial charge in [-0.2, -0.15) is 0 Å². The van der Waals surface area contributed by atoms with Gasteiger partial charge in [-0.1, -0.05) is 30.3 Å². The number of nitrogen functional groups attached to an aromatic ring is 1. The number of carbonyl (C=O) groups is 2. The highest BCUT2D eigenvalue weighted by atomic mass is 16.5. The number of H-pyrrole nitrogens is 1. The SMILES string of the molecule is CCOC(=O)[C@H]1CCCN(CC(=O)N(C)c2c(N)n(Cc3ccccc3)c(=O)[nH]c2=O)C1. The first kappa shape index (κ1) is 23.3. The van der Waals surface area contributed by atoms with Gasteiger partial charge in [-0.25, -0.2) is 4.79 Å². The number of benzene rings is 1. The molecule has 2 aromatic rings. The second-order valence-corrected chi connectivity index (χ2v) is 7.84. The van der Waals surface area contributed by atoms with Crippen LogP contribution < -0.4 is 21.9 Å². The number of anilines is 2. The van der Waals surface area contributed by atoms with Crippen molar-refractivity contribution in [2.24, 2.45) is 5.92 Å². The number of rotatable bonds is 7. The minimum absolute atomic E-state index is 0.0170. The molecular formula is C22H29N5O5. The molecule has 0 unspecified atom stereocenters. The molecule has 3 rings (SSSR count). The number of piperidine rings is 1. The van der Waals surface area contributed by atoms with E-state index in [0.29, 0.717) is 19.7 Å². The fraction of sp³-hybridized carbons (Fsp3) is 0.455. The van der Waals surface area contributed by atoms with E-state index in [1.54, 1.807) is 6.92 Å². The molecule has 0 radical (unpaired) electrons. The average Bonchev–Trinajstić information content (AvgIpc) is 2.77. The summed E-state index contributed by atoms with van der Waals surface area (Å²) in [4.78, 5) is 55.1. The van der Waals surface area contributed by atoms with Crippen LogP contribution >= 0.6 is 0 Å². The number of hydrogen-bond donors (Lipinski definition) is 2. The topological polar surface area (TPSA) is 131 Å². The van der Waals surface area contributed by atoms with Gasteiger partial charge in [0.1, 0.15) is 5.82 Å². The van der Waals surface area contributed by atoms with Crippen LogP contribution in [-0.2, 0) is 20.9 Å². The summed E-state index contributed by atoms with van der Waals surface area (Å²) in [5.74, 6) is -0.979. The Morgan fingerprint density at radius 3 is 2.66 bits per heavy atom. The van der Waals surface area contributed by atoms with E-state index in [1.165, 1.54) is 16.5 Å². The summed E-state index contributed by atoms with van der Waals surface area (Å²) in [5, 5.41) is 0. The van der Waals surface area contributed by atoms with E-state index in [-0.39, 0.29) is 42.4 Å².